The molecule has 0 radical (unpaired) electrons. The minimum Gasteiger partial charge on any atom is -0.548 e. The molecule has 1 heterocycles. The minimum atomic E-state index is -1.44. The summed E-state index contributed by atoms with van der Waals surface area (Å²) in [5.74, 6) is -2.07. The monoisotopic (exact) mass is 267 g/mol. The number of β-amino-alcohol motifs (C(OH)–C–C–N with tert-alkyl or cyclic N) is 1. The zero-order valence-electron chi connectivity index (χ0n) is 9.88. The van der Waals surface area contributed by atoms with Crippen molar-refractivity contribution in [1.82, 2.24) is 4.90 Å². The van der Waals surface area contributed by atoms with E-state index in [4.69, 9.17) is 0 Å². The Hall–Kier alpha value is -2.15. The summed E-state index contributed by atoms with van der Waals surface area (Å²) in [4.78, 5) is 23.7. The SMILES string of the molecule is O=C([O-])[C@H]1C[C@@H](O)CN1C(=O)Nc1ccccc1F. The number of anilines is 1. The second-order valence-electron chi connectivity index (χ2n) is 4.29. The number of likely N-dealkylation sites (tertiary alicyclic amines) is 1. The fourth-order valence-electron chi connectivity index (χ4n) is 2.01. The van der Waals surface area contributed by atoms with Crippen LogP contribution in [0.1, 0.15) is 6.42 Å². The normalized spacial score (nSPS) is 22.3. The van der Waals surface area contributed by atoms with Gasteiger partial charge in [0.2, 0.25) is 0 Å². The molecule has 1 fully saturated rings. The van der Waals surface area contributed by atoms with E-state index in [1.807, 2.05) is 0 Å². The van der Waals surface area contributed by atoms with Crippen molar-refractivity contribution in [3.8, 4) is 0 Å². The smallest absolute Gasteiger partial charge is 0.322 e. The molecular formula is C12H12FN2O4-. The van der Waals surface area contributed by atoms with Crippen LogP contribution in [0.15, 0.2) is 24.3 Å². The first-order chi connectivity index (χ1) is 8.99. The number of carbonyl (C=O) groups excluding carboxylic acids is 2. The van der Waals surface area contributed by atoms with Crippen LogP contribution in [0, 0.1) is 5.82 Å². The molecule has 1 aromatic rings. The number of rotatable bonds is 2. The Bertz CT molecular complexity index is 508. The van der Waals surface area contributed by atoms with Gasteiger partial charge in [-0.15, -0.1) is 0 Å². The molecule has 19 heavy (non-hydrogen) atoms. The van der Waals surface area contributed by atoms with E-state index in [0.29, 0.717) is 0 Å². The van der Waals surface area contributed by atoms with Crippen LogP contribution in [0.5, 0.6) is 0 Å². The molecule has 0 aromatic heterocycles. The van der Waals surface area contributed by atoms with E-state index >= 15 is 0 Å². The highest BCUT2D eigenvalue weighted by molar-refractivity contribution is 5.92. The lowest BCUT2D eigenvalue weighted by molar-refractivity contribution is -0.310. The van der Waals surface area contributed by atoms with E-state index in [1.54, 1.807) is 0 Å². The summed E-state index contributed by atoms with van der Waals surface area (Å²) in [5, 5.41) is 22.5. The first-order valence-corrected chi connectivity index (χ1v) is 5.70. The van der Waals surface area contributed by atoms with Gasteiger partial charge in [0.25, 0.3) is 0 Å². The van der Waals surface area contributed by atoms with Crippen molar-refractivity contribution in [2.45, 2.75) is 18.6 Å². The lowest BCUT2D eigenvalue weighted by Crippen LogP contribution is -2.48. The van der Waals surface area contributed by atoms with Crippen molar-refractivity contribution in [1.29, 1.82) is 0 Å². The fourth-order valence-corrected chi connectivity index (χ4v) is 2.01. The zero-order chi connectivity index (χ0) is 14.0. The molecule has 0 saturated carbocycles. The number of urea groups is 1. The number of para-hydroxylation sites is 1. The Balaban J connectivity index is 2.11. The average Bonchev–Trinajstić information content (AvgIpc) is 2.74. The van der Waals surface area contributed by atoms with Gasteiger partial charge in [0.15, 0.2) is 0 Å². The molecule has 0 aliphatic carbocycles. The van der Waals surface area contributed by atoms with Gasteiger partial charge in [-0.2, -0.15) is 0 Å². The van der Waals surface area contributed by atoms with Crippen molar-refractivity contribution in [2.75, 3.05) is 11.9 Å². The number of nitrogens with zero attached hydrogens (tertiary/aromatic N) is 1. The van der Waals surface area contributed by atoms with Gasteiger partial charge < -0.3 is 25.2 Å². The highest BCUT2D eigenvalue weighted by Gasteiger charge is 2.35. The third-order valence-corrected chi connectivity index (χ3v) is 2.93. The van der Waals surface area contributed by atoms with Crippen LogP contribution in [0.2, 0.25) is 0 Å². The average molecular weight is 267 g/mol. The summed E-state index contributed by atoms with van der Waals surface area (Å²) in [5.41, 5.74) is -0.0500. The number of carboxylic acid groups (broad SMARTS) is 1. The first kappa shape index (κ1) is 13.3. The molecule has 2 N–H and O–H groups in total. The number of hydrogen-bond acceptors (Lipinski definition) is 4. The Morgan fingerprint density at radius 3 is 2.74 bits per heavy atom. The maximum atomic E-state index is 13.4. The number of carbonyl (C=O) groups is 2. The maximum absolute atomic E-state index is 13.4. The van der Waals surface area contributed by atoms with Crippen LogP contribution in [0.3, 0.4) is 0 Å². The predicted octanol–water partition coefficient (Wildman–Crippen LogP) is -0.457. The number of aliphatic hydroxyl groups excluding tert-OH is 1. The highest BCUT2D eigenvalue weighted by atomic mass is 19.1. The number of halogens is 1. The Morgan fingerprint density at radius 2 is 2.11 bits per heavy atom. The molecule has 7 heteroatoms. The zero-order valence-corrected chi connectivity index (χ0v) is 9.88. The van der Waals surface area contributed by atoms with E-state index in [-0.39, 0.29) is 18.7 Å². The number of aliphatic hydroxyl groups is 1. The van der Waals surface area contributed by atoms with Crippen LogP contribution in [0.4, 0.5) is 14.9 Å². The molecule has 1 aliphatic rings. The Labute approximate surface area is 108 Å². The van der Waals surface area contributed by atoms with Crippen molar-refractivity contribution >= 4 is 17.7 Å². The number of hydrogen-bond donors (Lipinski definition) is 2. The number of amides is 2. The van der Waals surface area contributed by atoms with E-state index in [2.05, 4.69) is 5.32 Å². The van der Waals surface area contributed by atoms with E-state index < -0.39 is 30.0 Å². The Kier molecular flexibility index (Phi) is 3.66. The molecule has 6 nitrogen and oxygen atoms in total. The second-order valence-corrected chi connectivity index (χ2v) is 4.29. The van der Waals surface area contributed by atoms with Crippen LogP contribution in [-0.4, -0.2) is 40.7 Å². The largest absolute Gasteiger partial charge is 0.548 e. The third-order valence-electron chi connectivity index (χ3n) is 2.93. The fraction of sp³-hybridized carbons (Fsp3) is 0.333. The van der Waals surface area contributed by atoms with Crippen molar-refractivity contribution in [3.63, 3.8) is 0 Å². The summed E-state index contributed by atoms with van der Waals surface area (Å²) >= 11 is 0. The van der Waals surface area contributed by atoms with Gasteiger partial charge >= 0.3 is 6.03 Å². The van der Waals surface area contributed by atoms with E-state index in [0.717, 1.165) is 4.90 Å². The van der Waals surface area contributed by atoms with Crippen molar-refractivity contribution in [3.05, 3.63) is 30.1 Å². The quantitative estimate of drug-likeness (QED) is 0.758. The summed E-state index contributed by atoms with van der Waals surface area (Å²) in [7, 11) is 0. The van der Waals surface area contributed by atoms with Crippen molar-refractivity contribution < 1.29 is 24.2 Å². The van der Waals surface area contributed by atoms with E-state index in [9.17, 15) is 24.2 Å². The van der Waals surface area contributed by atoms with E-state index in [1.165, 1.54) is 24.3 Å². The van der Waals surface area contributed by atoms with Gasteiger partial charge in [-0.05, 0) is 12.1 Å². The number of nitrogens with one attached hydrogen (secondary N) is 1. The lowest BCUT2D eigenvalue weighted by atomic mass is 10.2. The van der Waals surface area contributed by atoms with Gasteiger partial charge in [-0.25, -0.2) is 9.18 Å². The second kappa shape index (κ2) is 5.23. The van der Waals surface area contributed by atoms with Gasteiger partial charge in [0.1, 0.15) is 5.82 Å². The predicted molar refractivity (Wildman–Crippen MR) is 61.5 cm³/mol. The molecule has 0 bridgehead atoms. The maximum Gasteiger partial charge on any atom is 0.322 e. The molecule has 1 aliphatic heterocycles. The first-order valence-electron chi connectivity index (χ1n) is 5.70. The molecule has 1 saturated heterocycles. The molecule has 0 spiro atoms. The van der Waals surface area contributed by atoms with Crippen LogP contribution >= 0.6 is 0 Å². The molecule has 2 rings (SSSR count). The topological polar surface area (TPSA) is 92.7 Å². The van der Waals surface area contributed by atoms with Crippen LogP contribution < -0.4 is 10.4 Å². The molecule has 2 atom stereocenters. The van der Waals surface area contributed by atoms with Gasteiger partial charge in [0.05, 0.1) is 23.8 Å². The summed E-state index contributed by atoms with van der Waals surface area (Å²) < 4.78 is 13.4. The molecule has 0 unspecified atom stereocenters. The number of aliphatic carboxylic acids is 1. The summed E-state index contributed by atoms with van der Waals surface area (Å²) in [6.07, 6.45) is -1.01. The lowest BCUT2D eigenvalue weighted by Gasteiger charge is -2.25. The molecule has 2 amide bonds. The summed E-state index contributed by atoms with van der Waals surface area (Å²) in [6, 6.07) is 3.54. The number of carboxylic acids is 1. The van der Waals surface area contributed by atoms with Gasteiger partial charge in [0, 0.05) is 13.0 Å². The molecule has 1 aromatic carbocycles. The Morgan fingerprint density at radius 1 is 1.42 bits per heavy atom. The minimum absolute atomic E-state index is 0.0500. The van der Waals surface area contributed by atoms with Gasteiger partial charge in [-0.3, -0.25) is 0 Å². The number of benzene rings is 1. The standard InChI is InChI=1S/C12H13FN2O4/c13-8-3-1-2-4-9(8)14-12(19)15-6-7(16)5-10(15)11(17)18/h1-4,7,10,16H,5-6H2,(H,14,19)(H,17,18)/p-1/t7-,10-/m1/s1. The summed E-state index contributed by atoms with van der Waals surface area (Å²) in [6.45, 7) is -0.126. The molecular weight excluding hydrogens is 255 g/mol. The third kappa shape index (κ3) is 2.82. The molecule has 102 valence electrons. The van der Waals surface area contributed by atoms with Crippen LogP contribution in [-0.2, 0) is 4.79 Å². The van der Waals surface area contributed by atoms with Crippen LogP contribution in [0.25, 0.3) is 0 Å². The van der Waals surface area contributed by atoms with Gasteiger partial charge in [-0.1, -0.05) is 12.1 Å². The highest BCUT2D eigenvalue weighted by Crippen LogP contribution is 2.20. The van der Waals surface area contributed by atoms with Crippen molar-refractivity contribution in [2.24, 2.45) is 0 Å².